The van der Waals surface area contributed by atoms with Crippen LogP contribution in [0.1, 0.15) is 5.56 Å². The van der Waals surface area contributed by atoms with Crippen LogP contribution in [0.25, 0.3) is 10.8 Å². The van der Waals surface area contributed by atoms with E-state index in [1.807, 2.05) is 0 Å². The Hall–Kier alpha value is -1.32. The smallest absolute Gasteiger partial charge is 0.744 e. The van der Waals surface area contributed by atoms with Crippen LogP contribution >= 0.6 is 0 Å². The second-order valence-electron chi connectivity index (χ2n) is 4.23. The van der Waals surface area contributed by atoms with E-state index in [0.29, 0.717) is 16.5 Å². The monoisotopic (exact) mass is 318 g/mol. The Morgan fingerprint density at radius 3 is 2.48 bits per heavy atom. The summed E-state index contributed by atoms with van der Waals surface area (Å²) in [6.45, 7) is 1.34. The van der Waals surface area contributed by atoms with Crippen molar-refractivity contribution < 1.29 is 52.4 Å². The number of rotatable bonds is 2. The summed E-state index contributed by atoms with van der Waals surface area (Å²) in [6.07, 6.45) is 0. The number of phenols is 1. The van der Waals surface area contributed by atoms with Crippen LogP contribution in [0.3, 0.4) is 0 Å². The van der Waals surface area contributed by atoms with Crippen molar-refractivity contribution in [1.29, 1.82) is 0 Å². The van der Waals surface area contributed by atoms with Gasteiger partial charge < -0.3 is 20.7 Å². The summed E-state index contributed by atoms with van der Waals surface area (Å²) in [6, 6.07) is 4.77. The van der Waals surface area contributed by atoms with Gasteiger partial charge in [0.05, 0.1) is 4.90 Å². The maximum Gasteiger partial charge on any atom is 1.00 e. The molecule has 0 heterocycles. The summed E-state index contributed by atoms with van der Waals surface area (Å²) >= 11 is 0. The zero-order valence-electron chi connectivity index (χ0n) is 11.4. The molecule has 7 nitrogen and oxygen atoms in total. The fraction of sp³-hybridized carbons (Fsp3) is 0.0833. The second kappa shape index (κ2) is 6.20. The van der Waals surface area contributed by atoms with Gasteiger partial charge in [0.2, 0.25) is 0 Å². The van der Waals surface area contributed by atoms with Crippen molar-refractivity contribution in [2.24, 2.45) is 5.73 Å². The van der Waals surface area contributed by atoms with E-state index >= 15 is 0 Å². The fourth-order valence-corrected chi connectivity index (χ4v) is 2.69. The molecule has 0 atom stereocenters. The number of phenolic OH excluding ortho intramolecular Hbond substituents is 1. The van der Waals surface area contributed by atoms with E-state index < -0.39 is 21.0 Å². The molecule has 2 rings (SSSR count). The topological polar surface area (TPSA) is 133 Å². The molecule has 0 spiro atoms. The molecule has 2 aromatic carbocycles. The Kier molecular flexibility index (Phi) is 5.24. The van der Waals surface area contributed by atoms with Gasteiger partial charge in [-0.05, 0) is 36.6 Å². The van der Waals surface area contributed by atoms with Gasteiger partial charge in [0, 0.05) is 16.6 Å². The maximum atomic E-state index is 11.2. The Labute approximate surface area is 143 Å². The van der Waals surface area contributed by atoms with Crippen LogP contribution in [-0.4, -0.2) is 24.1 Å². The molecule has 0 aliphatic carbocycles. The Bertz CT molecular complexity index is 820. The van der Waals surface area contributed by atoms with Crippen molar-refractivity contribution in [1.82, 2.24) is 0 Å². The van der Waals surface area contributed by atoms with E-state index in [9.17, 15) is 22.9 Å². The quantitative estimate of drug-likeness (QED) is 0.446. The van der Waals surface area contributed by atoms with E-state index in [4.69, 9.17) is 5.73 Å². The minimum atomic E-state index is -4.71. The molecule has 106 valence electrons. The van der Waals surface area contributed by atoms with Gasteiger partial charge in [0.1, 0.15) is 15.9 Å². The van der Waals surface area contributed by atoms with Gasteiger partial charge in [0.25, 0.3) is 0 Å². The predicted molar refractivity (Wildman–Crippen MR) is 71.5 cm³/mol. The molecule has 0 saturated carbocycles. The SMILES string of the molecule is Cc1c(S(=O)(=O)[O-])cc2cc(NC(N)=O)ccc2c1O.[Na+]. The van der Waals surface area contributed by atoms with Crippen LogP contribution in [0.15, 0.2) is 29.2 Å². The predicted octanol–water partition coefficient (Wildman–Crippen LogP) is -1.75. The number of primary amides is 1. The number of benzene rings is 2. The first-order chi connectivity index (χ1) is 9.20. The van der Waals surface area contributed by atoms with Crippen molar-refractivity contribution in [3.05, 3.63) is 29.8 Å². The fourth-order valence-electron chi connectivity index (χ4n) is 1.95. The Balaban J connectivity index is 0.00000220. The summed E-state index contributed by atoms with van der Waals surface area (Å²) in [5, 5.41) is 12.9. The second-order valence-corrected chi connectivity index (χ2v) is 5.58. The van der Waals surface area contributed by atoms with Crippen molar-refractivity contribution in [3.8, 4) is 5.75 Å². The standard InChI is InChI=1S/C12H12N2O5S.Na/c1-6-10(20(17,18)19)5-7-4-8(14-12(13)16)2-3-9(7)11(6)15;/h2-5,15H,1H3,(H3,13,14,16)(H,17,18,19);/q;+1/p-1. The molecule has 0 bridgehead atoms. The Morgan fingerprint density at radius 2 is 1.95 bits per heavy atom. The zero-order valence-corrected chi connectivity index (χ0v) is 14.2. The summed E-state index contributed by atoms with van der Waals surface area (Å²) in [5.41, 5.74) is 5.29. The maximum absolute atomic E-state index is 11.2. The van der Waals surface area contributed by atoms with Crippen molar-refractivity contribution in [2.45, 2.75) is 11.8 Å². The number of anilines is 1. The molecular formula is C12H11N2NaO5S. The van der Waals surface area contributed by atoms with Gasteiger partial charge in [0.15, 0.2) is 0 Å². The van der Waals surface area contributed by atoms with E-state index in [1.165, 1.54) is 25.1 Å². The number of hydrogen-bond acceptors (Lipinski definition) is 5. The minimum Gasteiger partial charge on any atom is -0.744 e. The van der Waals surface area contributed by atoms with Crippen LogP contribution in [0.5, 0.6) is 5.75 Å². The van der Waals surface area contributed by atoms with Crippen LogP contribution in [0, 0.1) is 6.92 Å². The average Bonchev–Trinajstić information content (AvgIpc) is 2.31. The average molecular weight is 318 g/mol. The van der Waals surface area contributed by atoms with E-state index in [1.54, 1.807) is 0 Å². The first-order valence-corrected chi connectivity index (χ1v) is 6.89. The molecule has 2 amide bonds. The number of fused-ring (bicyclic) bond motifs is 1. The van der Waals surface area contributed by atoms with Gasteiger partial charge in [-0.25, -0.2) is 13.2 Å². The number of nitrogens with two attached hydrogens (primary N) is 1. The van der Waals surface area contributed by atoms with Crippen molar-refractivity contribution in [3.63, 3.8) is 0 Å². The molecule has 9 heteroatoms. The summed E-state index contributed by atoms with van der Waals surface area (Å²) < 4.78 is 33.5. The van der Waals surface area contributed by atoms with E-state index in [2.05, 4.69) is 5.32 Å². The molecule has 2 aromatic rings. The van der Waals surface area contributed by atoms with Crippen molar-refractivity contribution in [2.75, 3.05) is 5.32 Å². The number of aromatic hydroxyl groups is 1. The van der Waals surface area contributed by atoms with Crippen LogP contribution in [-0.2, 0) is 10.1 Å². The summed E-state index contributed by atoms with van der Waals surface area (Å²) in [4.78, 5) is 10.3. The number of urea groups is 1. The molecule has 0 fully saturated rings. The minimum absolute atomic E-state index is 0. The van der Waals surface area contributed by atoms with Gasteiger partial charge in [-0.2, -0.15) is 0 Å². The number of nitrogens with one attached hydrogen (secondary N) is 1. The number of carbonyl (C=O) groups is 1. The van der Waals surface area contributed by atoms with E-state index in [-0.39, 0.29) is 40.9 Å². The molecule has 21 heavy (non-hydrogen) atoms. The Morgan fingerprint density at radius 1 is 1.33 bits per heavy atom. The molecule has 0 unspecified atom stereocenters. The molecular weight excluding hydrogens is 307 g/mol. The zero-order chi connectivity index (χ0) is 15.1. The van der Waals surface area contributed by atoms with Gasteiger partial charge in [-0.1, -0.05) is 0 Å². The third-order valence-corrected chi connectivity index (χ3v) is 3.82. The first kappa shape index (κ1) is 17.7. The molecule has 4 N–H and O–H groups in total. The number of carbonyl (C=O) groups excluding carboxylic acids is 1. The van der Waals surface area contributed by atoms with Crippen LogP contribution < -0.4 is 40.6 Å². The number of amides is 2. The molecule has 0 saturated heterocycles. The molecule has 0 aliphatic heterocycles. The summed E-state index contributed by atoms with van der Waals surface area (Å²) in [5.74, 6) is -0.289. The van der Waals surface area contributed by atoms with Gasteiger partial charge in [-0.15, -0.1) is 0 Å². The normalized spacial score (nSPS) is 11.0. The van der Waals surface area contributed by atoms with Crippen LogP contribution in [0.4, 0.5) is 10.5 Å². The molecule has 0 radical (unpaired) electrons. The first-order valence-electron chi connectivity index (χ1n) is 5.49. The van der Waals surface area contributed by atoms with E-state index in [0.717, 1.165) is 6.07 Å². The third kappa shape index (κ3) is 3.66. The summed E-state index contributed by atoms with van der Waals surface area (Å²) in [7, 11) is -4.71. The van der Waals surface area contributed by atoms with Gasteiger partial charge >= 0.3 is 35.6 Å². The third-order valence-electron chi connectivity index (χ3n) is 2.85. The molecule has 0 aromatic heterocycles. The van der Waals surface area contributed by atoms with Gasteiger partial charge in [-0.3, -0.25) is 0 Å². The molecule has 0 aliphatic rings. The largest absolute Gasteiger partial charge is 1.00 e. The number of hydrogen-bond donors (Lipinski definition) is 3. The van der Waals surface area contributed by atoms with Crippen molar-refractivity contribution >= 4 is 32.6 Å². The van der Waals surface area contributed by atoms with Crippen LogP contribution in [0.2, 0.25) is 0 Å².